The van der Waals surface area contributed by atoms with Crippen molar-refractivity contribution < 1.29 is 0 Å². The summed E-state index contributed by atoms with van der Waals surface area (Å²) in [5, 5.41) is 0. The van der Waals surface area contributed by atoms with E-state index in [2.05, 4.69) is 21.8 Å². The molecule has 13 heavy (non-hydrogen) atoms. The molecule has 1 aromatic heterocycles. The third kappa shape index (κ3) is 1.56. The van der Waals surface area contributed by atoms with Crippen molar-refractivity contribution in [2.75, 3.05) is 17.2 Å². The zero-order valence-corrected chi connectivity index (χ0v) is 7.77. The Kier molecular flexibility index (Phi) is 2.04. The van der Waals surface area contributed by atoms with Gasteiger partial charge in [0, 0.05) is 12.6 Å². The van der Waals surface area contributed by atoms with E-state index in [9.17, 15) is 0 Å². The summed E-state index contributed by atoms with van der Waals surface area (Å²) in [6, 6.07) is 0.581. The third-order valence-electron chi connectivity index (χ3n) is 2.51. The second-order valence-electron chi connectivity index (χ2n) is 3.48. The van der Waals surface area contributed by atoms with Gasteiger partial charge in [-0.1, -0.05) is 0 Å². The molecule has 1 aliphatic heterocycles. The van der Waals surface area contributed by atoms with Crippen LogP contribution >= 0.6 is 0 Å². The molecular formula is C9H14N4. The van der Waals surface area contributed by atoms with Crippen LogP contribution in [0.3, 0.4) is 0 Å². The Hall–Kier alpha value is -1.32. The molecule has 0 unspecified atom stereocenters. The van der Waals surface area contributed by atoms with Gasteiger partial charge in [-0.2, -0.15) is 0 Å². The minimum Gasteiger partial charge on any atom is -0.382 e. The number of hydrogen-bond donors (Lipinski definition) is 1. The SMILES string of the molecule is C[C@H]1CCCN1c1cnc(N)cn1. The van der Waals surface area contributed by atoms with E-state index in [0.717, 1.165) is 12.4 Å². The zero-order valence-electron chi connectivity index (χ0n) is 7.77. The molecule has 1 fully saturated rings. The Morgan fingerprint density at radius 2 is 2.31 bits per heavy atom. The number of nitrogens with zero attached hydrogens (tertiary/aromatic N) is 3. The molecule has 0 spiro atoms. The molecule has 0 radical (unpaired) electrons. The van der Waals surface area contributed by atoms with Crippen LogP contribution in [0, 0.1) is 0 Å². The van der Waals surface area contributed by atoms with E-state index in [1.165, 1.54) is 12.8 Å². The summed E-state index contributed by atoms with van der Waals surface area (Å²) in [5.41, 5.74) is 5.47. The molecular weight excluding hydrogens is 164 g/mol. The van der Waals surface area contributed by atoms with Crippen molar-refractivity contribution in [2.24, 2.45) is 0 Å². The lowest BCUT2D eigenvalue weighted by molar-refractivity contribution is 0.725. The fourth-order valence-electron chi connectivity index (χ4n) is 1.75. The van der Waals surface area contributed by atoms with E-state index in [1.54, 1.807) is 12.4 Å². The molecule has 0 bridgehead atoms. The fourth-order valence-corrected chi connectivity index (χ4v) is 1.75. The molecule has 1 atom stereocenters. The molecule has 4 nitrogen and oxygen atoms in total. The van der Waals surface area contributed by atoms with Gasteiger partial charge in [-0.3, -0.25) is 0 Å². The van der Waals surface area contributed by atoms with Gasteiger partial charge in [0.15, 0.2) is 0 Å². The van der Waals surface area contributed by atoms with Crippen molar-refractivity contribution in [2.45, 2.75) is 25.8 Å². The van der Waals surface area contributed by atoms with Gasteiger partial charge in [-0.25, -0.2) is 9.97 Å². The maximum Gasteiger partial charge on any atom is 0.147 e. The lowest BCUT2D eigenvalue weighted by atomic mass is 10.2. The number of nitrogens with two attached hydrogens (primary N) is 1. The molecule has 4 heteroatoms. The van der Waals surface area contributed by atoms with Crippen LogP contribution in [0.2, 0.25) is 0 Å². The smallest absolute Gasteiger partial charge is 0.147 e. The summed E-state index contributed by atoms with van der Waals surface area (Å²) in [5.74, 6) is 1.43. The average molecular weight is 178 g/mol. The van der Waals surface area contributed by atoms with E-state index in [4.69, 9.17) is 5.73 Å². The van der Waals surface area contributed by atoms with Crippen LogP contribution < -0.4 is 10.6 Å². The first kappa shape index (κ1) is 8.29. The minimum absolute atomic E-state index is 0.482. The van der Waals surface area contributed by atoms with Gasteiger partial charge in [-0.05, 0) is 19.8 Å². The molecule has 1 aromatic rings. The van der Waals surface area contributed by atoms with Gasteiger partial charge >= 0.3 is 0 Å². The molecule has 2 heterocycles. The van der Waals surface area contributed by atoms with Crippen LogP contribution in [0.25, 0.3) is 0 Å². The molecule has 1 saturated heterocycles. The quantitative estimate of drug-likeness (QED) is 0.698. The maximum absolute atomic E-state index is 5.47. The second-order valence-corrected chi connectivity index (χ2v) is 3.48. The maximum atomic E-state index is 5.47. The fraction of sp³-hybridized carbons (Fsp3) is 0.556. The second kappa shape index (κ2) is 3.20. The van der Waals surface area contributed by atoms with E-state index < -0.39 is 0 Å². The Bertz CT molecular complexity index is 282. The van der Waals surface area contributed by atoms with Crippen molar-refractivity contribution in [1.82, 2.24) is 9.97 Å². The molecule has 0 amide bonds. The number of rotatable bonds is 1. The molecule has 0 saturated carbocycles. The van der Waals surface area contributed by atoms with Crippen molar-refractivity contribution in [3.05, 3.63) is 12.4 Å². The van der Waals surface area contributed by atoms with Crippen LogP contribution in [0.15, 0.2) is 12.4 Å². The number of aromatic nitrogens is 2. The van der Waals surface area contributed by atoms with Crippen LogP contribution in [-0.2, 0) is 0 Å². The van der Waals surface area contributed by atoms with Gasteiger partial charge in [0.1, 0.15) is 11.6 Å². The topological polar surface area (TPSA) is 55.0 Å². The van der Waals surface area contributed by atoms with Crippen molar-refractivity contribution in [1.29, 1.82) is 0 Å². The molecule has 2 rings (SSSR count). The van der Waals surface area contributed by atoms with Crippen LogP contribution in [-0.4, -0.2) is 22.6 Å². The summed E-state index contributed by atoms with van der Waals surface area (Å²) < 4.78 is 0. The van der Waals surface area contributed by atoms with Gasteiger partial charge in [0.2, 0.25) is 0 Å². The first-order chi connectivity index (χ1) is 6.27. The summed E-state index contributed by atoms with van der Waals surface area (Å²) >= 11 is 0. The highest BCUT2D eigenvalue weighted by Crippen LogP contribution is 2.22. The Labute approximate surface area is 77.8 Å². The molecule has 70 valence electrons. The van der Waals surface area contributed by atoms with Gasteiger partial charge in [-0.15, -0.1) is 0 Å². The highest BCUT2D eigenvalue weighted by molar-refractivity contribution is 5.41. The Balaban J connectivity index is 2.20. The standard InChI is InChI=1S/C9H14N4/c1-7-3-2-4-13(7)9-6-11-8(10)5-12-9/h5-7H,2-4H2,1H3,(H2,10,11)/t7-/m0/s1. The van der Waals surface area contributed by atoms with Crippen molar-refractivity contribution in [3.8, 4) is 0 Å². The third-order valence-corrected chi connectivity index (χ3v) is 2.51. The number of anilines is 2. The van der Waals surface area contributed by atoms with E-state index in [0.29, 0.717) is 11.9 Å². The van der Waals surface area contributed by atoms with Crippen LogP contribution in [0.5, 0.6) is 0 Å². The predicted octanol–water partition coefficient (Wildman–Crippen LogP) is 1.05. The molecule has 2 N–H and O–H groups in total. The molecule has 1 aliphatic rings. The largest absolute Gasteiger partial charge is 0.382 e. The average Bonchev–Trinajstić information content (AvgIpc) is 2.53. The number of hydrogen-bond acceptors (Lipinski definition) is 4. The lowest BCUT2D eigenvalue weighted by Gasteiger charge is -2.21. The molecule has 0 aromatic carbocycles. The number of nitrogen functional groups attached to an aromatic ring is 1. The Morgan fingerprint density at radius 1 is 1.46 bits per heavy atom. The minimum atomic E-state index is 0.482. The first-order valence-corrected chi connectivity index (χ1v) is 4.61. The van der Waals surface area contributed by atoms with Crippen molar-refractivity contribution in [3.63, 3.8) is 0 Å². The zero-order chi connectivity index (χ0) is 9.26. The van der Waals surface area contributed by atoms with E-state index in [-0.39, 0.29) is 0 Å². The Morgan fingerprint density at radius 3 is 2.85 bits per heavy atom. The van der Waals surface area contributed by atoms with Gasteiger partial charge in [0.05, 0.1) is 12.4 Å². The first-order valence-electron chi connectivity index (χ1n) is 4.61. The normalized spacial score (nSPS) is 22.2. The summed E-state index contributed by atoms with van der Waals surface area (Å²) in [6.07, 6.45) is 5.84. The summed E-state index contributed by atoms with van der Waals surface area (Å²) in [6.45, 7) is 3.30. The monoisotopic (exact) mass is 178 g/mol. The van der Waals surface area contributed by atoms with E-state index >= 15 is 0 Å². The predicted molar refractivity (Wildman–Crippen MR) is 52.5 cm³/mol. The van der Waals surface area contributed by atoms with Crippen molar-refractivity contribution >= 4 is 11.6 Å². The lowest BCUT2D eigenvalue weighted by Crippen LogP contribution is -2.27. The summed E-state index contributed by atoms with van der Waals surface area (Å²) in [7, 11) is 0. The highest BCUT2D eigenvalue weighted by Gasteiger charge is 2.21. The molecule has 0 aliphatic carbocycles. The van der Waals surface area contributed by atoms with Crippen LogP contribution in [0.1, 0.15) is 19.8 Å². The van der Waals surface area contributed by atoms with Gasteiger partial charge in [0.25, 0.3) is 0 Å². The van der Waals surface area contributed by atoms with Crippen LogP contribution in [0.4, 0.5) is 11.6 Å². The van der Waals surface area contributed by atoms with Gasteiger partial charge < -0.3 is 10.6 Å². The van der Waals surface area contributed by atoms with E-state index in [1.807, 2.05) is 0 Å². The summed E-state index contributed by atoms with van der Waals surface area (Å²) in [4.78, 5) is 10.6. The highest BCUT2D eigenvalue weighted by atomic mass is 15.2.